The Morgan fingerprint density at radius 2 is 1.90 bits per heavy atom. The van der Waals surface area contributed by atoms with Gasteiger partial charge in [-0.1, -0.05) is 0 Å². The highest BCUT2D eigenvalue weighted by molar-refractivity contribution is 6.00. The molecule has 0 aliphatic heterocycles. The first-order valence-electron chi connectivity index (χ1n) is 9.26. The maximum atomic E-state index is 12.9. The summed E-state index contributed by atoms with van der Waals surface area (Å²) in [4.78, 5) is 17.3. The quantitative estimate of drug-likeness (QED) is 0.566. The molecule has 148 valence electrons. The Morgan fingerprint density at radius 1 is 1.14 bits per heavy atom. The van der Waals surface area contributed by atoms with Crippen LogP contribution in [0.5, 0.6) is 5.75 Å². The van der Waals surface area contributed by atoms with Crippen molar-refractivity contribution < 1.29 is 9.53 Å². The molecule has 0 aliphatic rings. The minimum absolute atomic E-state index is 0.184. The summed E-state index contributed by atoms with van der Waals surface area (Å²) in [6.07, 6.45) is 5.01. The van der Waals surface area contributed by atoms with Gasteiger partial charge in [0.2, 0.25) is 0 Å². The second-order valence-corrected chi connectivity index (χ2v) is 6.86. The molecule has 29 heavy (non-hydrogen) atoms. The third-order valence-corrected chi connectivity index (χ3v) is 5.12. The Labute approximate surface area is 168 Å². The van der Waals surface area contributed by atoms with Gasteiger partial charge < -0.3 is 10.1 Å². The molecule has 4 rings (SSSR count). The van der Waals surface area contributed by atoms with Gasteiger partial charge in [-0.2, -0.15) is 10.2 Å². The van der Waals surface area contributed by atoms with Crippen molar-refractivity contribution in [3.63, 3.8) is 0 Å². The molecule has 0 saturated carbocycles. The number of ether oxygens (including phenoxy) is 1. The first kappa shape index (κ1) is 18.7. The zero-order valence-electron chi connectivity index (χ0n) is 16.7. The van der Waals surface area contributed by atoms with Crippen molar-refractivity contribution in [2.24, 2.45) is 7.05 Å². The van der Waals surface area contributed by atoms with Crippen LogP contribution in [0.3, 0.4) is 0 Å². The van der Waals surface area contributed by atoms with E-state index in [1.807, 2.05) is 51.2 Å². The summed E-state index contributed by atoms with van der Waals surface area (Å²) < 4.78 is 8.68. The number of aryl methyl sites for hydroxylation is 1. The Kier molecular flexibility index (Phi) is 4.75. The van der Waals surface area contributed by atoms with Crippen LogP contribution in [0.25, 0.3) is 16.9 Å². The summed E-state index contributed by atoms with van der Waals surface area (Å²) in [5.41, 5.74) is 4.71. The molecule has 3 aromatic heterocycles. The van der Waals surface area contributed by atoms with Crippen LogP contribution in [0.2, 0.25) is 0 Å². The molecule has 0 spiro atoms. The zero-order valence-corrected chi connectivity index (χ0v) is 16.7. The predicted octanol–water partition coefficient (Wildman–Crippen LogP) is 2.94. The van der Waals surface area contributed by atoms with Crippen LogP contribution < -0.4 is 10.1 Å². The van der Waals surface area contributed by atoms with Crippen molar-refractivity contribution >= 4 is 11.6 Å². The molecule has 0 saturated heterocycles. The number of hydrogen-bond acceptors (Lipinski definition) is 5. The van der Waals surface area contributed by atoms with Gasteiger partial charge in [0, 0.05) is 30.1 Å². The molecule has 8 nitrogen and oxygen atoms in total. The number of aromatic nitrogens is 5. The van der Waals surface area contributed by atoms with Gasteiger partial charge in [0.05, 0.1) is 31.2 Å². The van der Waals surface area contributed by atoms with Crippen molar-refractivity contribution in [2.75, 3.05) is 7.11 Å². The summed E-state index contributed by atoms with van der Waals surface area (Å²) >= 11 is 0. The zero-order chi connectivity index (χ0) is 20.5. The maximum absolute atomic E-state index is 12.9. The first-order chi connectivity index (χ1) is 14.0. The number of hydrogen-bond donors (Lipinski definition) is 1. The van der Waals surface area contributed by atoms with Crippen molar-refractivity contribution in [2.45, 2.75) is 19.9 Å². The molecule has 1 atom stereocenters. The summed E-state index contributed by atoms with van der Waals surface area (Å²) in [5, 5.41) is 11.7. The van der Waals surface area contributed by atoms with E-state index >= 15 is 0 Å². The van der Waals surface area contributed by atoms with Gasteiger partial charge in [-0.25, -0.2) is 9.50 Å². The van der Waals surface area contributed by atoms with E-state index in [0.29, 0.717) is 11.2 Å². The highest BCUT2D eigenvalue weighted by Crippen LogP contribution is 2.24. The largest absolute Gasteiger partial charge is 0.497 e. The molecule has 1 amide bonds. The summed E-state index contributed by atoms with van der Waals surface area (Å²) in [6.45, 7) is 3.91. The number of benzene rings is 1. The van der Waals surface area contributed by atoms with Crippen LogP contribution >= 0.6 is 0 Å². The highest BCUT2D eigenvalue weighted by atomic mass is 16.5. The summed E-state index contributed by atoms with van der Waals surface area (Å²) in [5.74, 6) is 0.550. The molecule has 0 radical (unpaired) electrons. The van der Waals surface area contributed by atoms with Crippen LogP contribution in [0, 0.1) is 6.92 Å². The lowest BCUT2D eigenvalue weighted by atomic mass is 10.1. The van der Waals surface area contributed by atoms with Gasteiger partial charge in [0.1, 0.15) is 11.3 Å². The van der Waals surface area contributed by atoms with E-state index in [1.165, 1.54) is 0 Å². The molecule has 1 N–H and O–H groups in total. The molecular formula is C21H22N6O2. The van der Waals surface area contributed by atoms with E-state index < -0.39 is 0 Å². The van der Waals surface area contributed by atoms with Gasteiger partial charge in [-0.3, -0.25) is 9.48 Å². The van der Waals surface area contributed by atoms with Crippen LogP contribution in [-0.2, 0) is 7.05 Å². The standard InChI is InChI=1S/C21H22N6O2/c1-13(17-11-23-26(3)14(17)2)25-21(28)18-12-24-27-19(9-10-22-20(18)27)15-5-7-16(29-4)8-6-15/h5-13H,1-4H3,(H,25,28)/t13-/m0/s1. The number of carbonyl (C=O) groups excluding carboxylic acids is 1. The molecule has 1 aromatic carbocycles. The summed E-state index contributed by atoms with van der Waals surface area (Å²) in [6, 6.07) is 9.35. The smallest absolute Gasteiger partial charge is 0.257 e. The van der Waals surface area contributed by atoms with Gasteiger partial charge in [-0.05, 0) is 44.2 Å². The number of nitrogens with zero attached hydrogens (tertiary/aromatic N) is 5. The van der Waals surface area contributed by atoms with E-state index in [1.54, 1.807) is 34.9 Å². The molecular weight excluding hydrogens is 368 g/mol. The van der Waals surface area contributed by atoms with Crippen molar-refractivity contribution in [1.29, 1.82) is 0 Å². The number of methoxy groups -OCH3 is 1. The van der Waals surface area contributed by atoms with Crippen molar-refractivity contribution in [1.82, 2.24) is 29.7 Å². The second-order valence-electron chi connectivity index (χ2n) is 6.86. The number of fused-ring (bicyclic) bond motifs is 1. The van der Waals surface area contributed by atoms with E-state index in [9.17, 15) is 4.79 Å². The van der Waals surface area contributed by atoms with Gasteiger partial charge in [0.15, 0.2) is 5.65 Å². The normalized spacial score (nSPS) is 12.1. The highest BCUT2D eigenvalue weighted by Gasteiger charge is 2.20. The maximum Gasteiger partial charge on any atom is 0.257 e. The molecule has 4 aromatic rings. The summed E-state index contributed by atoms with van der Waals surface area (Å²) in [7, 11) is 3.51. The Hall–Kier alpha value is -3.68. The SMILES string of the molecule is COc1ccc(-c2ccnc3c(C(=O)N[C@@H](C)c4cnn(C)c4C)cnn23)cc1. The number of rotatable bonds is 5. The lowest BCUT2D eigenvalue weighted by molar-refractivity contribution is 0.0941. The number of amides is 1. The van der Waals surface area contributed by atoms with Crippen molar-refractivity contribution in [3.05, 3.63) is 65.7 Å². The van der Waals surface area contributed by atoms with E-state index in [-0.39, 0.29) is 11.9 Å². The fourth-order valence-electron chi connectivity index (χ4n) is 3.32. The van der Waals surface area contributed by atoms with E-state index in [4.69, 9.17) is 4.74 Å². The monoisotopic (exact) mass is 390 g/mol. The lowest BCUT2D eigenvalue weighted by Crippen LogP contribution is -2.27. The topological polar surface area (TPSA) is 86.3 Å². The Balaban J connectivity index is 1.65. The minimum Gasteiger partial charge on any atom is -0.497 e. The van der Waals surface area contributed by atoms with E-state index in [2.05, 4.69) is 20.5 Å². The third kappa shape index (κ3) is 3.33. The average molecular weight is 390 g/mol. The van der Waals surface area contributed by atoms with Crippen LogP contribution in [0.15, 0.2) is 48.9 Å². The first-order valence-corrected chi connectivity index (χ1v) is 9.26. The third-order valence-electron chi connectivity index (χ3n) is 5.12. The van der Waals surface area contributed by atoms with Gasteiger partial charge >= 0.3 is 0 Å². The fraction of sp³-hybridized carbons (Fsp3) is 0.238. The van der Waals surface area contributed by atoms with Gasteiger partial charge in [0.25, 0.3) is 5.91 Å². The number of nitrogens with one attached hydrogen (secondary N) is 1. The van der Waals surface area contributed by atoms with E-state index in [0.717, 1.165) is 28.3 Å². The molecule has 0 bridgehead atoms. The minimum atomic E-state index is -0.227. The fourth-order valence-corrected chi connectivity index (χ4v) is 3.32. The van der Waals surface area contributed by atoms with Crippen LogP contribution in [-0.4, -0.2) is 37.4 Å². The lowest BCUT2D eigenvalue weighted by Gasteiger charge is -2.13. The number of carbonyl (C=O) groups is 1. The van der Waals surface area contributed by atoms with Crippen molar-refractivity contribution in [3.8, 4) is 17.0 Å². The molecule has 0 aliphatic carbocycles. The van der Waals surface area contributed by atoms with Crippen LogP contribution in [0.1, 0.15) is 34.6 Å². The van der Waals surface area contributed by atoms with Gasteiger partial charge in [-0.15, -0.1) is 0 Å². The molecule has 8 heteroatoms. The molecule has 0 fully saturated rings. The second kappa shape index (κ2) is 7.38. The Morgan fingerprint density at radius 3 is 2.55 bits per heavy atom. The van der Waals surface area contributed by atoms with Crippen LogP contribution in [0.4, 0.5) is 0 Å². The predicted molar refractivity (Wildman–Crippen MR) is 109 cm³/mol. The Bertz CT molecular complexity index is 1180. The molecule has 0 unspecified atom stereocenters. The average Bonchev–Trinajstić information content (AvgIpc) is 3.31. The molecule has 3 heterocycles.